The van der Waals surface area contributed by atoms with Crippen LogP contribution in [0.4, 0.5) is 5.69 Å². The maximum absolute atomic E-state index is 12.6. The number of thiophene rings is 1. The second-order valence-electron chi connectivity index (χ2n) is 5.79. The summed E-state index contributed by atoms with van der Waals surface area (Å²) in [5.74, 6) is 0.814. The van der Waals surface area contributed by atoms with Gasteiger partial charge >= 0.3 is 0 Å². The highest BCUT2D eigenvalue weighted by atomic mass is 32.2. The van der Waals surface area contributed by atoms with Crippen LogP contribution in [0.15, 0.2) is 34.5 Å². The molecule has 1 amide bonds. The summed E-state index contributed by atoms with van der Waals surface area (Å²) in [7, 11) is -0.809. The lowest BCUT2D eigenvalue weighted by atomic mass is 10.3. The molecule has 1 aromatic carbocycles. The molecule has 1 aliphatic heterocycles. The highest BCUT2D eigenvalue weighted by molar-refractivity contribution is 7.94. The zero-order chi connectivity index (χ0) is 18.7. The summed E-state index contributed by atoms with van der Waals surface area (Å²) in [4.78, 5) is 14.6. The fourth-order valence-corrected chi connectivity index (χ4v) is 5.08. The molecule has 7 nitrogen and oxygen atoms in total. The van der Waals surface area contributed by atoms with Crippen LogP contribution in [0, 0.1) is 0 Å². The van der Waals surface area contributed by atoms with Gasteiger partial charge in [-0.1, -0.05) is 0 Å². The molecule has 1 saturated heterocycles. The van der Waals surface area contributed by atoms with Crippen LogP contribution in [-0.2, 0) is 10.0 Å². The van der Waals surface area contributed by atoms with Crippen molar-refractivity contribution in [3.8, 4) is 11.5 Å². The third-order valence-corrected chi connectivity index (χ3v) is 7.03. The van der Waals surface area contributed by atoms with Gasteiger partial charge in [0.2, 0.25) is 0 Å². The van der Waals surface area contributed by atoms with E-state index in [1.165, 1.54) is 20.3 Å². The third-order valence-electron chi connectivity index (χ3n) is 4.09. The van der Waals surface area contributed by atoms with Crippen LogP contribution in [0.25, 0.3) is 0 Å². The fraction of sp³-hybridized carbons (Fsp3) is 0.353. The smallest absolute Gasteiger partial charge is 0.271 e. The lowest BCUT2D eigenvalue weighted by Crippen LogP contribution is -2.26. The predicted molar refractivity (Wildman–Crippen MR) is 99.8 cm³/mol. The topological polar surface area (TPSA) is 84.9 Å². The van der Waals surface area contributed by atoms with Crippen molar-refractivity contribution in [1.29, 1.82) is 0 Å². The Morgan fingerprint density at radius 2 is 1.77 bits per heavy atom. The molecule has 1 aromatic heterocycles. The zero-order valence-corrected chi connectivity index (χ0v) is 16.2. The number of amides is 1. The Balaban J connectivity index is 1.79. The number of anilines is 1. The summed E-state index contributed by atoms with van der Waals surface area (Å²) in [6.07, 6.45) is 1.98. The summed E-state index contributed by atoms with van der Waals surface area (Å²) in [6.45, 7) is 1.45. The van der Waals surface area contributed by atoms with Gasteiger partial charge in [0, 0.05) is 19.2 Å². The van der Waals surface area contributed by atoms with Crippen LogP contribution in [0.1, 0.15) is 22.5 Å². The van der Waals surface area contributed by atoms with Crippen LogP contribution in [0.2, 0.25) is 0 Å². The number of carbonyl (C=O) groups is 1. The van der Waals surface area contributed by atoms with Crippen molar-refractivity contribution in [2.45, 2.75) is 17.1 Å². The van der Waals surface area contributed by atoms with E-state index in [0.717, 1.165) is 37.3 Å². The van der Waals surface area contributed by atoms with Crippen molar-refractivity contribution >= 4 is 33.0 Å². The van der Waals surface area contributed by atoms with Crippen molar-refractivity contribution in [3.63, 3.8) is 0 Å². The van der Waals surface area contributed by atoms with Gasteiger partial charge in [-0.05, 0) is 37.1 Å². The number of rotatable bonds is 6. The van der Waals surface area contributed by atoms with Crippen LogP contribution in [0.3, 0.4) is 0 Å². The number of ether oxygens (including phenoxy) is 2. The molecule has 0 atom stereocenters. The van der Waals surface area contributed by atoms with E-state index in [-0.39, 0.29) is 10.1 Å². The monoisotopic (exact) mass is 396 g/mol. The zero-order valence-electron chi connectivity index (χ0n) is 14.5. The molecule has 1 N–H and O–H groups in total. The Bertz CT molecular complexity index is 902. The first-order chi connectivity index (χ1) is 12.4. The minimum Gasteiger partial charge on any atom is -0.493 e. The molecular weight excluding hydrogens is 376 g/mol. The van der Waals surface area contributed by atoms with E-state index in [0.29, 0.717) is 22.1 Å². The minimum atomic E-state index is -3.79. The summed E-state index contributed by atoms with van der Waals surface area (Å²) in [5.41, 5.74) is 0.350. The molecule has 0 spiro atoms. The van der Waals surface area contributed by atoms with Crippen LogP contribution in [0.5, 0.6) is 11.5 Å². The molecule has 0 radical (unpaired) electrons. The number of likely N-dealkylation sites (tertiary alicyclic amines) is 1. The van der Waals surface area contributed by atoms with Gasteiger partial charge in [-0.25, -0.2) is 8.42 Å². The largest absolute Gasteiger partial charge is 0.493 e. The van der Waals surface area contributed by atoms with E-state index >= 15 is 0 Å². The molecule has 0 saturated carbocycles. The maximum atomic E-state index is 12.6. The second kappa shape index (κ2) is 7.55. The number of sulfonamides is 1. The minimum absolute atomic E-state index is 0.0924. The van der Waals surface area contributed by atoms with Crippen molar-refractivity contribution in [3.05, 3.63) is 35.2 Å². The van der Waals surface area contributed by atoms with Crippen molar-refractivity contribution in [1.82, 2.24) is 4.90 Å². The number of nitrogens with one attached hydrogen (secondary N) is 1. The first-order valence-corrected chi connectivity index (χ1v) is 10.4. The van der Waals surface area contributed by atoms with E-state index in [1.54, 1.807) is 29.2 Å². The average Bonchev–Trinajstić information content (AvgIpc) is 3.32. The van der Waals surface area contributed by atoms with E-state index in [9.17, 15) is 13.2 Å². The molecule has 9 heteroatoms. The Morgan fingerprint density at radius 3 is 2.42 bits per heavy atom. The van der Waals surface area contributed by atoms with Crippen molar-refractivity contribution < 1.29 is 22.7 Å². The molecule has 0 bridgehead atoms. The van der Waals surface area contributed by atoms with Crippen LogP contribution in [-0.4, -0.2) is 46.5 Å². The number of benzene rings is 1. The van der Waals surface area contributed by atoms with E-state index in [4.69, 9.17) is 9.47 Å². The molecular formula is C17H20N2O5S2. The molecule has 1 fully saturated rings. The summed E-state index contributed by atoms with van der Waals surface area (Å²) in [6, 6.07) is 7.77. The molecule has 0 unspecified atom stereocenters. The molecule has 26 heavy (non-hydrogen) atoms. The summed E-state index contributed by atoms with van der Waals surface area (Å²) in [5, 5.41) is 0. The van der Waals surface area contributed by atoms with Gasteiger partial charge in [-0.15, -0.1) is 11.3 Å². The standard InChI is InChI=1S/C17H20N2O5S2/c1-23-13-6-5-12(11-14(13)24-2)18-26(21,22)16-8-7-15(25-16)17(20)19-9-3-4-10-19/h5-8,11,18H,3-4,9-10H2,1-2H3. The number of methoxy groups -OCH3 is 2. The molecule has 3 rings (SSSR count). The molecule has 2 heterocycles. The van der Waals surface area contributed by atoms with Gasteiger partial charge in [0.05, 0.1) is 24.8 Å². The van der Waals surface area contributed by atoms with Crippen LogP contribution < -0.4 is 14.2 Å². The number of hydrogen-bond donors (Lipinski definition) is 1. The molecule has 0 aliphatic carbocycles. The third kappa shape index (κ3) is 3.78. The molecule has 2 aromatic rings. The van der Waals surface area contributed by atoms with Crippen molar-refractivity contribution in [2.75, 3.05) is 32.0 Å². The van der Waals surface area contributed by atoms with Crippen LogP contribution >= 0.6 is 11.3 Å². The van der Waals surface area contributed by atoms with Gasteiger partial charge in [-0.2, -0.15) is 0 Å². The first-order valence-electron chi connectivity index (χ1n) is 8.08. The SMILES string of the molecule is COc1ccc(NS(=O)(=O)c2ccc(C(=O)N3CCCC3)s2)cc1OC. The van der Waals surface area contributed by atoms with Gasteiger partial charge < -0.3 is 14.4 Å². The first kappa shape index (κ1) is 18.5. The highest BCUT2D eigenvalue weighted by Crippen LogP contribution is 2.32. The quantitative estimate of drug-likeness (QED) is 0.812. The summed E-state index contributed by atoms with van der Waals surface area (Å²) >= 11 is 0.974. The van der Waals surface area contributed by atoms with Gasteiger partial charge in [-0.3, -0.25) is 9.52 Å². The van der Waals surface area contributed by atoms with Gasteiger partial charge in [0.1, 0.15) is 4.21 Å². The van der Waals surface area contributed by atoms with Gasteiger partial charge in [0.25, 0.3) is 15.9 Å². The Kier molecular flexibility index (Phi) is 5.38. The lowest BCUT2D eigenvalue weighted by molar-refractivity contribution is 0.0797. The maximum Gasteiger partial charge on any atom is 0.271 e. The predicted octanol–water partition coefficient (Wildman–Crippen LogP) is 2.80. The number of nitrogens with zero attached hydrogens (tertiary/aromatic N) is 1. The summed E-state index contributed by atoms with van der Waals surface area (Å²) < 4.78 is 38.2. The molecule has 140 valence electrons. The normalized spacial score (nSPS) is 14.3. The average molecular weight is 396 g/mol. The Hall–Kier alpha value is -2.26. The highest BCUT2D eigenvalue weighted by Gasteiger charge is 2.24. The second-order valence-corrected chi connectivity index (χ2v) is 8.79. The number of carbonyl (C=O) groups excluding carboxylic acids is 1. The van der Waals surface area contributed by atoms with E-state index in [1.807, 2.05) is 0 Å². The van der Waals surface area contributed by atoms with Gasteiger partial charge in [0.15, 0.2) is 11.5 Å². The number of hydrogen-bond acceptors (Lipinski definition) is 6. The Labute approximate surface area is 156 Å². The van der Waals surface area contributed by atoms with Crippen molar-refractivity contribution in [2.24, 2.45) is 0 Å². The fourth-order valence-electron chi connectivity index (χ4n) is 2.76. The Morgan fingerprint density at radius 1 is 1.08 bits per heavy atom. The van der Waals surface area contributed by atoms with E-state index in [2.05, 4.69) is 4.72 Å². The lowest BCUT2D eigenvalue weighted by Gasteiger charge is -2.13. The molecule has 1 aliphatic rings. The van der Waals surface area contributed by atoms with E-state index < -0.39 is 10.0 Å².